The van der Waals surface area contributed by atoms with Crippen LogP contribution >= 0.6 is 0 Å². The summed E-state index contributed by atoms with van der Waals surface area (Å²) >= 11 is 0. The van der Waals surface area contributed by atoms with Gasteiger partial charge in [0.25, 0.3) is 0 Å². The van der Waals surface area contributed by atoms with Crippen LogP contribution in [0, 0.1) is 6.92 Å². The zero-order valence-electron chi connectivity index (χ0n) is 11.8. The minimum absolute atomic E-state index is 0.0481. The van der Waals surface area contributed by atoms with Crippen LogP contribution in [-0.4, -0.2) is 63.1 Å². The summed E-state index contributed by atoms with van der Waals surface area (Å²) in [5.74, 6) is 0.520. The number of hydrogen-bond donors (Lipinski definition) is 2. The molecule has 20 heavy (non-hydrogen) atoms. The van der Waals surface area contributed by atoms with E-state index in [1.165, 1.54) is 0 Å². The monoisotopic (exact) mass is 280 g/mol. The minimum Gasteiger partial charge on any atom is -0.480 e. The van der Waals surface area contributed by atoms with Crippen LogP contribution in [0.1, 0.15) is 11.4 Å². The third-order valence-electron chi connectivity index (χ3n) is 3.16. The van der Waals surface area contributed by atoms with Crippen molar-refractivity contribution in [3.63, 3.8) is 0 Å². The lowest BCUT2D eigenvalue weighted by atomic mass is 10.3. The molecule has 0 saturated heterocycles. The number of fused-ring (bicyclic) bond motifs is 1. The van der Waals surface area contributed by atoms with E-state index in [1.54, 1.807) is 17.7 Å². The molecule has 0 spiro atoms. The Morgan fingerprint density at radius 2 is 1.95 bits per heavy atom. The molecule has 2 aromatic heterocycles. The number of imidazole rings is 1. The van der Waals surface area contributed by atoms with Crippen LogP contribution in [-0.2, 0) is 6.54 Å². The summed E-state index contributed by atoms with van der Waals surface area (Å²) in [5, 5.41) is 22.5. The Morgan fingerprint density at radius 3 is 2.55 bits per heavy atom. The molecule has 7 nitrogen and oxygen atoms in total. The fourth-order valence-corrected chi connectivity index (χ4v) is 2.13. The van der Waals surface area contributed by atoms with Crippen LogP contribution in [0.5, 0.6) is 5.88 Å². The average molecular weight is 280 g/mol. The fourth-order valence-electron chi connectivity index (χ4n) is 2.13. The van der Waals surface area contributed by atoms with Crippen LogP contribution in [0.15, 0.2) is 12.1 Å². The quantitative estimate of drug-likeness (QED) is 0.733. The zero-order chi connectivity index (χ0) is 14.5. The van der Waals surface area contributed by atoms with Crippen molar-refractivity contribution < 1.29 is 14.9 Å². The molecule has 0 amide bonds. The van der Waals surface area contributed by atoms with E-state index in [0.29, 0.717) is 25.5 Å². The highest BCUT2D eigenvalue weighted by atomic mass is 16.5. The Kier molecular flexibility index (Phi) is 4.89. The lowest BCUT2D eigenvalue weighted by molar-refractivity contribution is 0.154. The van der Waals surface area contributed by atoms with Crippen molar-refractivity contribution in [3.05, 3.63) is 23.5 Å². The van der Waals surface area contributed by atoms with Crippen molar-refractivity contribution in [2.75, 3.05) is 33.4 Å². The summed E-state index contributed by atoms with van der Waals surface area (Å²) in [4.78, 5) is 6.41. The molecule has 0 fully saturated rings. The second-order valence-electron chi connectivity index (χ2n) is 4.51. The lowest BCUT2D eigenvalue weighted by Crippen LogP contribution is -2.30. The van der Waals surface area contributed by atoms with Gasteiger partial charge in [0.15, 0.2) is 5.65 Å². The van der Waals surface area contributed by atoms with Gasteiger partial charge in [0.05, 0.1) is 31.7 Å². The molecule has 2 aromatic rings. The molecule has 0 aliphatic carbocycles. The lowest BCUT2D eigenvalue weighted by Gasteiger charge is -2.19. The summed E-state index contributed by atoms with van der Waals surface area (Å²) in [6.45, 7) is 3.58. The molecule has 110 valence electrons. The van der Waals surface area contributed by atoms with Gasteiger partial charge >= 0.3 is 0 Å². The van der Waals surface area contributed by atoms with Crippen LogP contribution in [0.4, 0.5) is 0 Å². The molecule has 0 aliphatic heterocycles. The van der Waals surface area contributed by atoms with E-state index >= 15 is 0 Å². The van der Waals surface area contributed by atoms with Crippen molar-refractivity contribution in [1.82, 2.24) is 19.5 Å². The topological polar surface area (TPSA) is 83.1 Å². The van der Waals surface area contributed by atoms with Crippen molar-refractivity contribution in [3.8, 4) is 5.88 Å². The number of nitrogens with zero attached hydrogens (tertiary/aromatic N) is 4. The second kappa shape index (κ2) is 6.65. The van der Waals surface area contributed by atoms with Gasteiger partial charge in [-0.3, -0.25) is 4.90 Å². The molecule has 0 radical (unpaired) electrons. The maximum absolute atomic E-state index is 9.08. The Morgan fingerprint density at radius 1 is 1.25 bits per heavy atom. The first kappa shape index (κ1) is 14.7. The maximum Gasteiger partial charge on any atom is 0.231 e. The molecule has 2 rings (SSSR count). The molecule has 0 saturated carbocycles. The first-order chi connectivity index (χ1) is 9.69. The summed E-state index contributed by atoms with van der Waals surface area (Å²) in [6.07, 6.45) is 0. The smallest absolute Gasteiger partial charge is 0.231 e. The molecule has 0 bridgehead atoms. The number of aryl methyl sites for hydroxylation is 1. The van der Waals surface area contributed by atoms with E-state index < -0.39 is 0 Å². The summed E-state index contributed by atoms with van der Waals surface area (Å²) in [6, 6.07) is 3.62. The van der Waals surface area contributed by atoms with E-state index in [1.807, 2.05) is 17.9 Å². The second-order valence-corrected chi connectivity index (χ2v) is 4.51. The number of aliphatic hydroxyl groups excluding tert-OH is 2. The minimum atomic E-state index is 0.0481. The zero-order valence-corrected chi connectivity index (χ0v) is 11.8. The molecule has 7 heteroatoms. The Labute approximate surface area is 117 Å². The van der Waals surface area contributed by atoms with Crippen LogP contribution in [0.25, 0.3) is 5.65 Å². The first-order valence-electron chi connectivity index (χ1n) is 6.53. The number of ether oxygens (including phenoxy) is 1. The van der Waals surface area contributed by atoms with Crippen molar-refractivity contribution in [2.45, 2.75) is 13.5 Å². The first-order valence-corrected chi connectivity index (χ1v) is 6.53. The van der Waals surface area contributed by atoms with Gasteiger partial charge in [-0.05, 0) is 13.0 Å². The Balaban J connectivity index is 2.33. The molecule has 2 N–H and O–H groups in total. The molecule has 0 aromatic carbocycles. The molecule has 0 aliphatic rings. The third-order valence-corrected chi connectivity index (χ3v) is 3.16. The number of methoxy groups -OCH3 is 1. The Bertz CT molecular complexity index is 564. The van der Waals surface area contributed by atoms with Crippen molar-refractivity contribution >= 4 is 5.65 Å². The molecular formula is C13H20N4O3. The average Bonchev–Trinajstić information content (AvgIpc) is 2.75. The third kappa shape index (κ3) is 3.06. The van der Waals surface area contributed by atoms with E-state index in [9.17, 15) is 0 Å². The standard InChI is InChI=1S/C13H20N4O3/c1-10-11(9-16(5-7-18)6-8-19)17-12(14-10)3-4-13(15-17)20-2/h3-4,18-19H,5-9H2,1-2H3. The predicted octanol–water partition coefficient (Wildman–Crippen LogP) is -0.167. The van der Waals surface area contributed by atoms with Gasteiger partial charge in [-0.1, -0.05) is 0 Å². The number of aromatic nitrogens is 3. The predicted molar refractivity (Wildman–Crippen MR) is 73.7 cm³/mol. The normalized spacial score (nSPS) is 11.4. The van der Waals surface area contributed by atoms with E-state index in [4.69, 9.17) is 14.9 Å². The van der Waals surface area contributed by atoms with Crippen LogP contribution < -0.4 is 4.74 Å². The van der Waals surface area contributed by atoms with E-state index in [2.05, 4.69) is 10.1 Å². The molecular weight excluding hydrogens is 260 g/mol. The van der Waals surface area contributed by atoms with Crippen molar-refractivity contribution in [2.24, 2.45) is 0 Å². The SMILES string of the molecule is COc1ccc2nc(C)c(CN(CCO)CCO)n2n1. The largest absolute Gasteiger partial charge is 0.480 e. The highest BCUT2D eigenvalue weighted by molar-refractivity contribution is 5.42. The number of rotatable bonds is 7. The van der Waals surface area contributed by atoms with Crippen LogP contribution in [0.2, 0.25) is 0 Å². The molecule has 0 unspecified atom stereocenters. The summed E-state index contributed by atoms with van der Waals surface area (Å²) in [7, 11) is 1.57. The van der Waals surface area contributed by atoms with Gasteiger partial charge in [-0.25, -0.2) is 9.50 Å². The fraction of sp³-hybridized carbons (Fsp3) is 0.538. The van der Waals surface area contributed by atoms with Gasteiger partial charge in [0.2, 0.25) is 5.88 Å². The van der Waals surface area contributed by atoms with Gasteiger partial charge in [-0.2, -0.15) is 0 Å². The van der Waals surface area contributed by atoms with Gasteiger partial charge in [0.1, 0.15) is 0 Å². The summed E-state index contributed by atoms with van der Waals surface area (Å²) in [5.41, 5.74) is 2.57. The van der Waals surface area contributed by atoms with E-state index in [0.717, 1.165) is 17.0 Å². The number of aliphatic hydroxyl groups is 2. The highest BCUT2D eigenvalue weighted by Gasteiger charge is 2.14. The molecule has 2 heterocycles. The number of hydrogen-bond acceptors (Lipinski definition) is 6. The molecule has 0 atom stereocenters. The maximum atomic E-state index is 9.08. The van der Waals surface area contributed by atoms with Crippen molar-refractivity contribution in [1.29, 1.82) is 0 Å². The Hall–Kier alpha value is -1.70. The van der Waals surface area contributed by atoms with Gasteiger partial charge in [0, 0.05) is 25.7 Å². The highest BCUT2D eigenvalue weighted by Crippen LogP contribution is 2.15. The van der Waals surface area contributed by atoms with Gasteiger partial charge < -0.3 is 14.9 Å². The summed E-state index contributed by atoms with van der Waals surface area (Å²) < 4.78 is 6.88. The van der Waals surface area contributed by atoms with E-state index in [-0.39, 0.29) is 13.2 Å². The van der Waals surface area contributed by atoms with Gasteiger partial charge in [-0.15, -0.1) is 5.10 Å². The van der Waals surface area contributed by atoms with Crippen LogP contribution in [0.3, 0.4) is 0 Å².